The minimum atomic E-state index is -0.189. The van der Waals surface area contributed by atoms with Gasteiger partial charge in [-0.15, -0.1) is 0 Å². The van der Waals surface area contributed by atoms with Crippen LogP contribution in [-0.4, -0.2) is 10.1 Å². The molecule has 4 nitrogen and oxygen atoms in total. The van der Waals surface area contributed by atoms with E-state index in [4.69, 9.17) is 28.2 Å². The molecule has 2 atom stereocenters. The highest BCUT2D eigenvalue weighted by Gasteiger charge is 2.42. The first-order chi connectivity index (χ1) is 14.7. The van der Waals surface area contributed by atoms with Gasteiger partial charge >= 0.3 is 0 Å². The number of nitrogens with zero attached hydrogens (tertiary/aromatic N) is 2. The molecule has 1 N–H and O–H groups in total. The summed E-state index contributed by atoms with van der Waals surface area (Å²) in [7, 11) is 0. The second-order valence-corrected chi connectivity index (χ2v) is 7.86. The summed E-state index contributed by atoms with van der Waals surface area (Å²) in [4.78, 5) is 6.63. The number of pyridine rings is 1. The van der Waals surface area contributed by atoms with E-state index in [1.54, 1.807) is 6.20 Å². The van der Waals surface area contributed by atoms with Crippen molar-refractivity contribution in [2.75, 3.05) is 4.90 Å². The van der Waals surface area contributed by atoms with Gasteiger partial charge in [0.1, 0.15) is 17.6 Å². The van der Waals surface area contributed by atoms with Crippen LogP contribution in [0.5, 0.6) is 0 Å². The molecule has 0 radical (unpaired) electrons. The molecule has 30 heavy (non-hydrogen) atoms. The first-order valence-corrected chi connectivity index (χ1v) is 10.4. The van der Waals surface area contributed by atoms with Crippen molar-refractivity contribution in [2.24, 2.45) is 0 Å². The van der Waals surface area contributed by atoms with Gasteiger partial charge in [-0.2, -0.15) is 0 Å². The average Bonchev–Trinajstić information content (AvgIpc) is 3.40. The summed E-state index contributed by atoms with van der Waals surface area (Å²) in [5.41, 5.74) is 2.88. The summed E-state index contributed by atoms with van der Waals surface area (Å²) in [5, 5.41) is 4.73. The molecule has 1 aliphatic rings. The zero-order chi connectivity index (χ0) is 20.5. The molecule has 5 rings (SSSR count). The predicted molar refractivity (Wildman–Crippen MR) is 124 cm³/mol. The summed E-state index contributed by atoms with van der Waals surface area (Å²) in [5.74, 6) is 1.63. The minimum Gasteiger partial charge on any atom is -0.459 e. The molecular weight excluding hydrogens is 414 g/mol. The number of anilines is 1. The Hall–Kier alpha value is -3.15. The Morgan fingerprint density at radius 3 is 2.40 bits per heavy atom. The van der Waals surface area contributed by atoms with Crippen molar-refractivity contribution in [1.82, 2.24) is 10.3 Å². The van der Waals surface area contributed by atoms with Crippen LogP contribution in [0, 0.1) is 0 Å². The Balaban J connectivity index is 1.60. The number of nitrogens with one attached hydrogen (secondary N) is 1. The van der Waals surface area contributed by atoms with Crippen molar-refractivity contribution in [1.29, 1.82) is 0 Å². The topological polar surface area (TPSA) is 41.3 Å². The van der Waals surface area contributed by atoms with Gasteiger partial charge in [-0.3, -0.25) is 4.98 Å². The van der Waals surface area contributed by atoms with E-state index in [0.717, 1.165) is 28.5 Å². The van der Waals surface area contributed by atoms with Crippen LogP contribution in [0.4, 0.5) is 5.69 Å². The predicted octanol–water partition coefficient (Wildman–Crippen LogP) is 6.17. The number of thiocarbonyl (C=S) groups is 1. The Labute approximate surface area is 185 Å². The van der Waals surface area contributed by atoms with Crippen LogP contribution in [0.3, 0.4) is 0 Å². The quantitative estimate of drug-likeness (QED) is 0.391. The molecule has 148 valence electrons. The van der Waals surface area contributed by atoms with Gasteiger partial charge < -0.3 is 14.6 Å². The molecule has 1 fully saturated rings. The number of aromatic nitrogens is 1. The number of hydrogen-bond donors (Lipinski definition) is 1. The van der Waals surface area contributed by atoms with Gasteiger partial charge in [0.05, 0.1) is 11.7 Å². The fraction of sp³-hybridized carbons (Fsp3) is 0.0833. The van der Waals surface area contributed by atoms with Crippen molar-refractivity contribution < 1.29 is 4.42 Å². The maximum Gasteiger partial charge on any atom is 0.174 e. The molecule has 4 aromatic rings. The Morgan fingerprint density at radius 1 is 0.900 bits per heavy atom. The zero-order valence-corrected chi connectivity index (χ0v) is 17.5. The number of benzene rings is 2. The molecule has 2 unspecified atom stereocenters. The maximum atomic E-state index is 6.33. The van der Waals surface area contributed by atoms with Crippen LogP contribution in [0.25, 0.3) is 11.3 Å². The lowest BCUT2D eigenvalue weighted by atomic mass is 10.0. The normalized spacial score (nSPS) is 18.4. The summed E-state index contributed by atoms with van der Waals surface area (Å²) in [6, 6.07) is 27.3. The maximum absolute atomic E-state index is 6.33. The summed E-state index contributed by atoms with van der Waals surface area (Å²) >= 11 is 11.8. The van der Waals surface area contributed by atoms with E-state index in [9.17, 15) is 0 Å². The highest BCUT2D eigenvalue weighted by Crippen LogP contribution is 2.43. The number of hydrogen-bond acceptors (Lipinski definition) is 3. The third-order valence-corrected chi connectivity index (χ3v) is 5.75. The van der Waals surface area contributed by atoms with Gasteiger partial charge in [-0.1, -0.05) is 48.0 Å². The van der Waals surface area contributed by atoms with Gasteiger partial charge in [-0.05, 0) is 60.7 Å². The molecule has 0 amide bonds. The number of furan rings is 1. The smallest absolute Gasteiger partial charge is 0.174 e. The SMILES string of the molecule is S=C1NC(c2ccccn2)C(c2ccc(-c3ccccc3)o2)N1c1ccc(Cl)cc1. The molecule has 6 heteroatoms. The van der Waals surface area contributed by atoms with Crippen LogP contribution < -0.4 is 10.2 Å². The first-order valence-electron chi connectivity index (χ1n) is 9.62. The van der Waals surface area contributed by atoms with Crippen molar-refractivity contribution >= 4 is 34.6 Å². The summed E-state index contributed by atoms with van der Waals surface area (Å²) in [6.07, 6.45) is 1.79. The number of halogens is 1. The lowest BCUT2D eigenvalue weighted by Crippen LogP contribution is -2.29. The second-order valence-electron chi connectivity index (χ2n) is 7.04. The van der Waals surface area contributed by atoms with E-state index in [2.05, 4.69) is 15.2 Å². The van der Waals surface area contributed by atoms with E-state index in [0.29, 0.717) is 10.1 Å². The molecule has 3 heterocycles. The molecule has 0 aliphatic carbocycles. The molecule has 2 aromatic carbocycles. The molecule has 0 spiro atoms. The van der Waals surface area contributed by atoms with E-state index in [1.807, 2.05) is 84.9 Å². The van der Waals surface area contributed by atoms with E-state index in [-0.39, 0.29) is 12.1 Å². The van der Waals surface area contributed by atoms with Crippen LogP contribution in [0.15, 0.2) is 95.5 Å². The van der Waals surface area contributed by atoms with E-state index in [1.165, 1.54) is 0 Å². The molecule has 0 saturated carbocycles. The second kappa shape index (κ2) is 7.94. The molecule has 1 aliphatic heterocycles. The van der Waals surface area contributed by atoms with Crippen molar-refractivity contribution in [3.8, 4) is 11.3 Å². The van der Waals surface area contributed by atoms with Crippen LogP contribution in [0.2, 0.25) is 5.02 Å². The molecule has 2 aromatic heterocycles. The van der Waals surface area contributed by atoms with Gasteiger partial charge in [0, 0.05) is 22.5 Å². The monoisotopic (exact) mass is 431 g/mol. The summed E-state index contributed by atoms with van der Waals surface area (Å²) < 4.78 is 6.33. The largest absolute Gasteiger partial charge is 0.459 e. The third-order valence-electron chi connectivity index (χ3n) is 5.18. The van der Waals surface area contributed by atoms with Crippen LogP contribution in [-0.2, 0) is 0 Å². The van der Waals surface area contributed by atoms with Crippen molar-refractivity contribution in [3.05, 3.63) is 108 Å². The summed E-state index contributed by atoms with van der Waals surface area (Å²) in [6.45, 7) is 0. The lowest BCUT2D eigenvalue weighted by Gasteiger charge is -2.26. The fourth-order valence-corrected chi connectivity index (χ4v) is 4.26. The zero-order valence-electron chi connectivity index (χ0n) is 15.9. The minimum absolute atomic E-state index is 0.149. The van der Waals surface area contributed by atoms with Crippen LogP contribution >= 0.6 is 23.8 Å². The van der Waals surface area contributed by atoms with Gasteiger partial charge in [0.2, 0.25) is 0 Å². The van der Waals surface area contributed by atoms with Gasteiger partial charge in [-0.25, -0.2) is 0 Å². The average molecular weight is 432 g/mol. The lowest BCUT2D eigenvalue weighted by molar-refractivity contribution is 0.439. The van der Waals surface area contributed by atoms with Gasteiger partial charge in [0.25, 0.3) is 0 Å². The fourth-order valence-electron chi connectivity index (χ4n) is 3.79. The van der Waals surface area contributed by atoms with Crippen molar-refractivity contribution in [2.45, 2.75) is 12.1 Å². The Kier molecular flexibility index (Phi) is 4.99. The third kappa shape index (κ3) is 3.47. The standard InChI is InChI=1S/C24H18ClN3OS/c25-17-9-11-18(12-10-17)28-23(22(27-24(28)30)19-8-4-5-15-26-19)21-14-13-20(29-21)16-6-2-1-3-7-16/h1-15,22-23H,(H,27,30). The highest BCUT2D eigenvalue weighted by molar-refractivity contribution is 7.80. The molecular formula is C24H18ClN3OS. The van der Waals surface area contributed by atoms with E-state index < -0.39 is 0 Å². The molecule has 0 bridgehead atoms. The van der Waals surface area contributed by atoms with E-state index >= 15 is 0 Å². The number of rotatable bonds is 4. The Bertz CT molecular complexity index is 1160. The van der Waals surface area contributed by atoms with Crippen molar-refractivity contribution in [3.63, 3.8) is 0 Å². The molecule has 1 saturated heterocycles. The van der Waals surface area contributed by atoms with Gasteiger partial charge in [0.15, 0.2) is 5.11 Å². The Morgan fingerprint density at radius 2 is 1.67 bits per heavy atom. The van der Waals surface area contributed by atoms with Crippen LogP contribution in [0.1, 0.15) is 23.5 Å². The first kappa shape index (κ1) is 18.9. The highest BCUT2D eigenvalue weighted by atomic mass is 35.5.